The first-order valence-corrected chi connectivity index (χ1v) is 7.36. The summed E-state index contributed by atoms with van der Waals surface area (Å²) < 4.78 is 0. The summed E-state index contributed by atoms with van der Waals surface area (Å²) in [6.07, 6.45) is 0. The van der Waals surface area contributed by atoms with Gasteiger partial charge in [-0.3, -0.25) is 0 Å². The van der Waals surface area contributed by atoms with Gasteiger partial charge in [-0.2, -0.15) is 0 Å². The first-order chi connectivity index (χ1) is 9.85. The second-order valence-corrected chi connectivity index (χ2v) is 6.49. The molecule has 0 unspecified atom stereocenters. The number of anilines is 2. The van der Waals surface area contributed by atoms with E-state index in [4.69, 9.17) is 4.98 Å². The van der Waals surface area contributed by atoms with E-state index >= 15 is 0 Å². The van der Waals surface area contributed by atoms with Gasteiger partial charge in [0.1, 0.15) is 5.82 Å². The van der Waals surface area contributed by atoms with Crippen molar-refractivity contribution in [2.24, 2.45) is 0 Å². The van der Waals surface area contributed by atoms with Crippen LogP contribution in [-0.4, -0.2) is 17.6 Å². The normalized spacial score (nSPS) is 11.5. The Labute approximate surface area is 128 Å². The van der Waals surface area contributed by atoms with Crippen molar-refractivity contribution in [3.05, 3.63) is 53.7 Å². The Bertz CT molecular complexity index is 582. The van der Waals surface area contributed by atoms with E-state index in [9.17, 15) is 0 Å². The summed E-state index contributed by atoms with van der Waals surface area (Å²) >= 11 is 0. The summed E-state index contributed by atoms with van der Waals surface area (Å²) in [5.74, 6) is 0.965. The van der Waals surface area contributed by atoms with Crippen LogP contribution in [-0.2, 0) is 6.54 Å². The van der Waals surface area contributed by atoms with Gasteiger partial charge in [0.15, 0.2) is 0 Å². The number of rotatable bonds is 4. The van der Waals surface area contributed by atoms with E-state index in [1.807, 2.05) is 13.1 Å². The highest BCUT2D eigenvalue weighted by atomic mass is 15.2. The maximum Gasteiger partial charge on any atom is 0.133 e. The molecule has 3 heteroatoms. The molecule has 0 radical (unpaired) electrons. The summed E-state index contributed by atoms with van der Waals surface area (Å²) in [5, 5.41) is 3.47. The molecule has 0 aliphatic carbocycles. The van der Waals surface area contributed by atoms with Crippen LogP contribution in [0.3, 0.4) is 0 Å². The molecule has 1 heterocycles. The predicted octanol–water partition coefficient (Wildman–Crippen LogP) is 4.05. The third-order valence-corrected chi connectivity index (χ3v) is 3.36. The van der Waals surface area contributed by atoms with Crippen molar-refractivity contribution in [1.82, 2.24) is 10.3 Å². The first-order valence-electron chi connectivity index (χ1n) is 7.36. The van der Waals surface area contributed by atoms with E-state index < -0.39 is 0 Å². The number of hydrogen-bond acceptors (Lipinski definition) is 3. The average Bonchev–Trinajstić information content (AvgIpc) is 2.45. The Morgan fingerprint density at radius 3 is 2.33 bits per heavy atom. The fraction of sp³-hybridized carbons (Fsp3) is 0.389. The Balaban J connectivity index is 2.14. The number of nitrogens with one attached hydrogen (secondary N) is 1. The minimum absolute atomic E-state index is 0.0978. The van der Waals surface area contributed by atoms with E-state index in [0.29, 0.717) is 0 Å². The van der Waals surface area contributed by atoms with Crippen LogP contribution in [0.5, 0.6) is 0 Å². The fourth-order valence-corrected chi connectivity index (χ4v) is 2.01. The van der Waals surface area contributed by atoms with Crippen LogP contribution >= 0.6 is 0 Å². The summed E-state index contributed by atoms with van der Waals surface area (Å²) in [5.41, 5.74) is 3.57. The minimum atomic E-state index is 0.0978. The maximum atomic E-state index is 4.74. The van der Waals surface area contributed by atoms with Gasteiger partial charge in [-0.1, -0.05) is 23.8 Å². The summed E-state index contributed by atoms with van der Waals surface area (Å²) in [4.78, 5) is 6.85. The molecule has 0 saturated carbocycles. The third-order valence-electron chi connectivity index (χ3n) is 3.36. The molecule has 2 aromatic rings. The van der Waals surface area contributed by atoms with Crippen LogP contribution in [0.4, 0.5) is 11.5 Å². The van der Waals surface area contributed by atoms with Crippen molar-refractivity contribution < 1.29 is 0 Å². The predicted molar refractivity (Wildman–Crippen MR) is 90.1 cm³/mol. The second-order valence-electron chi connectivity index (χ2n) is 6.49. The number of pyridine rings is 1. The van der Waals surface area contributed by atoms with E-state index in [2.05, 4.69) is 74.3 Å². The molecule has 1 aromatic carbocycles. The molecule has 0 saturated heterocycles. The molecule has 0 spiro atoms. The summed E-state index contributed by atoms with van der Waals surface area (Å²) in [7, 11) is 2.05. The zero-order chi connectivity index (χ0) is 15.5. The molecule has 0 amide bonds. The van der Waals surface area contributed by atoms with Crippen LogP contribution in [0.15, 0.2) is 42.5 Å². The van der Waals surface area contributed by atoms with E-state index in [0.717, 1.165) is 23.7 Å². The first kappa shape index (κ1) is 15.5. The largest absolute Gasteiger partial charge is 0.329 e. The number of benzene rings is 1. The topological polar surface area (TPSA) is 28.2 Å². The lowest BCUT2D eigenvalue weighted by atomic mass is 10.1. The Hall–Kier alpha value is -1.87. The van der Waals surface area contributed by atoms with Crippen molar-refractivity contribution in [3.8, 4) is 0 Å². The molecule has 3 nitrogen and oxygen atoms in total. The Morgan fingerprint density at radius 2 is 1.71 bits per heavy atom. The van der Waals surface area contributed by atoms with E-state index in [-0.39, 0.29) is 5.54 Å². The fourth-order valence-electron chi connectivity index (χ4n) is 2.01. The lowest BCUT2D eigenvalue weighted by Crippen LogP contribution is -2.35. The molecule has 0 aliphatic heterocycles. The molecular weight excluding hydrogens is 258 g/mol. The highest BCUT2D eigenvalue weighted by Crippen LogP contribution is 2.22. The molecule has 0 bridgehead atoms. The highest BCUT2D eigenvalue weighted by molar-refractivity contribution is 5.59. The van der Waals surface area contributed by atoms with Crippen LogP contribution < -0.4 is 10.2 Å². The van der Waals surface area contributed by atoms with Gasteiger partial charge in [0.05, 0.1) is 5.69 Å². The molecule has 1 N–H and O–H groups in total. The lowest BCUT2D eigenvalue weighted by Gasteiger charge is -2.22. The van der Waals surface area contributed by atoms with Gasteiger partial charge in [-0.25, -0.2) is 4.98 Å². The SMILES string of the molecule is Cc1ccc(N(C)c2cccc(CNC(C)(C)C)n2)cc1. The molecule has 0 atom stereocenters. The van der Waals surface area contributed by atoms with Gasteiger partial charge in [0, 0.05) is 24.8 Å². The summed E-state index contributed by atoms with van der Waals surface area (Å²) in [6, 6.07) is 14.7. The van der Waals surface area contributed by atoms with Gasteiger partial charge in [0.2, 0.25) is 0 Å². The molecule has 0 fully saturated rings. The number of hydrogen-bond donors (Lipinski definition) is 1. The van der Waals surface area contributed by atoms with Crippen molar-refractivity contribution in [2.75, 3.05) is 11.9 Å². The highest BCUT2D eigenvalue weighted by Gasteiger charge is 2.10. The average molecular weight is 283 g/mol. The Kier molecular flexibility index (Phi) is 4.63. The maximum absolute atomic E-state index is 4.74. The molecular formula is C18H25N3. The standard InChI is InChI=1S/C18H25N3/c1-14-9-11-16(12-10-14)21(5)17-8-6-7-15(20-17)13-19-18(2,3)4/h6-12,19H,13H2,1-5H3. The monoisotopic (exact) mass is 283 g/mol. The van der Waals surface area contributed by atoms with E-state index in [1.54, 1.807) is 0 Å². The van der Waals surface area contributed by atoms with Crippen molar-refractivity contribution in [1.29, 1.82) is 0 Å². The molecule has 2 rings (SSSR count). The van der Waals surface area contributed by atoms with Gasteiger partial charge >= 0.3 is 0 Å². The zero-order valence-corrected chi connectivity index (χ0v) is 13.6. The minimum Gasteiger partial charge on any atom is -0.329 e. The van der Waals surface area contributed by atoms with Gasteiger partial charge < -0.3 is 10.2 Å². The number of nitrogens with zero attached hydrogens (tertiary/aromatic N) is 2. The van der Waals surface area contributed by atoms with Gasteiger partial charge in [-0.15, -0.1) is 0 Å². The van der Waals surface area contributed by atoms with Crippen molar-refractivity contribution in [2.45, 2.75) is 39.8 Å². The molecule has 21 heavy (non-hydrogen) atoms. The molecule has 0 aliphatic rings. The molecule has 112 valence electrons. The number of aryl methyl sites for hydroxylation is 1. The smallest absolute Gasteiger partial charge is 0.133 e. The van der Waals surface area contributed by atoms with Crippen LogP contribution in [0.25, 0.3) is 0 Å². The quantitative estimate of drug-likeness (QED) is 0.917. The van der Waals surface area contributed by atoms with Gasteiger partial charge in [0.25, 0.3) is 0 Å². The van der Waals surface area contributed by atoms with E-state index in [1.165, 1.54) is 5.56 Å². The van der Waals surface area contributed by atoms with Crippen LogP contribution in [0, 0.1) is 6.92 Å². The zero-order valence-electron chi connectivity index (χ0n) is 13.6. The van der Waals surface area contributed by atoms with Crippen LogP contribution in [0.1, 0.15) is 32.0 Å². The third kappa shape index (κ3) is 4.57. The molecule has 1 aromatic heterocycles. The summed E-state index contributed by atoms with van der Waals surface area (Å²) in [6.45, 7) is 9.36. The van der Waals surface area contributed by atoms with Crippen molar-refractivity contribution >= 4 is 11.5 Å². The second kappa shape index (κ2) is 6.27. The van der Waals surface area contributed by atoms with Crippen molar-refractivity contribution in [3.63, 3.8) is 0 Å². The lowest BCUT2D eigenvalue weighted by molar-refractivity contribution is 0.421. The number of aromatic nitrogens is 1. The Morgan fingerprint density at radius 1 is 1.05 bits per heavy atom. The van der Waals surface area contributed by atoms with Gasteiger partial charge in [-0.05, 0) is 52.0 Å². The van der Waals surface area contributed by atoms with Crippen LogP contribution in [0.2, 0.25) is 0 Å².